The first-order valence-electron chi connectivity index (χ1n) is 6.42. The van der Waals surface area contributed by atoms with Crippen molar-refractivity contribution in [1.29, 1.82) is 0 Å². The van der Waals surface area contributed by atoms with Crippen LogP contribution in [0.4, 0.5) is 24.8 Å². The van der Waals surface area contributed by atoms with Crippen molar-refractivity contribution < 1.29 is 13.2 Å². The van der Waals surface area contributed by atoms with Crippen LogP contribution in [0.25, 0.3) is 5.69 Å². The molecule has 1 aromatic heterocycles. The molecule has 0 saturated heterocycles. The largest absolute Gasteiger partial charge is 0.320 e. The van der Waals surface area contributed by atoms with Gasteiger partial charge in [-0.05, 0) is 36.8 Å². The number of aromatic nitrogens is 3. The minimum Gasteiger partial charge on any atom is -0.320 e. The number of anilines is 2. The number of hydrogen-bond donors (Lipinski definition) is 1. The monoisotopic (exact) mass is 304 g/mol. The topological polar surface area (TPSA) is 42.7 Å². The zero-order chi connectivity index (χ0) is 15.7. The summed E-state index contributed by atoms with van der Waals surface area (Å²) in [6, 6.07) is 7.59. The van der Waals surface area contributed by atoms with Gasteiger partial charge in [-0.25, -0.2) is 17.9 Å². The molecule has 0 aliphatic carbocycles. The highest BCUT2D eigenvalue weighted by molar-refractivity contribution is 5.55. The van der Waals surface area contributed by atoms with Crippen LogP contribution in [-0.2, 0) is 0 Å². The normalized spacial score (nSPS) is 10.7. The zero-order valence-corrected chi connectivity index (χ0v) is 11.5. The van der Waals surface area contributed by atoms with Gasteiger partial charge in [0.25, 0.3) is 0 Å². The van der Waals surface area contributed by atoms with E-state index in [2.05, 4.69) is 15.4 Å². The van der Waals surface area contributed by atoms with Gasteiger partial charge in [-0.15, -0.1) is 5.10 Å². The summed E-state index contributed by atoms with van der Waals surface area (Å²) in [6.07, 6.45) is 1.28. The summed E-state index contributed by atoms with van der Waals surface area (Å²) in [5.74, 6) is -1.76. The van der Waals surface area contributed by atoms with Crippen LogP contribution in [0.1, 0.15) is 5.56 Å². The van der Waals surface area contributed by atoms with Gasteiger partial charge in [-0.1, -0.05) is 6.07 Å². The lowest BCUT2D eigenvalue weighted by Crippen LogP contribution is -2.00. The molecule has 2 aromatic carbocycles. The van der Waals surface area contributed by atoms with Crippen LogP contribution in [0, 0.1) is 24.4 Å². The molecule has 0 radical (unpaired) electrons. The van der Waals surface area contributed by atoms with E-state index in [4.69, 9.17) is 0 Å². The van der Waals surface area contributed by atoms with E-state index in [1.807, 2.05) is 6.92 Å². The molecule has 0 aliphatic rings. The van der Waals surface area contributed by atoms with Crippen molar-refractivity contribution >= 4 is 11.6 Å². The fraction of sp³-hybridized carbons (Fsp3) is 0.0667. The van der Waals surface area contributed by atoms with Crippen molar-refractivity contribution in [3.8, 4) is 5.69 Å². The molecule has 7 heteroatoms. The Kier molecular flexibility index (Phi) is 3.54. The van der Waals surface area contributed by atoms with Crippen LogP contribution < -0.4 is 5.32 Å². The lowest BCUT2D eigenvalue weighted by molar-refractivity contribution is 0.580. The Labute approximate surface area is 124 Å². The van der Waals surface area contributed by atoms with Gasteiger partial charge < -0.3 is 5.32 Å². The van der Waals surface area contributed by atoms with Crippen LogP contribution in [0.3, 0.4) is 0 Å². The van der Waals surface area contributed by atoms with Crippen LogP contribution in [0.5, 0.6) is 0 Å². The van der Waals surface area contributed by atoms with E-state index in [1.165, 1.54) is 17.1 Å². The summed E-state index contributed by atoms with van der Waals surface area (Å²) in [5.41, 5.74) is 1.28. The molecule has 112 valence electrons. The van der Waals surface area contributed by atoms with E-state index in [9.17, 15) is 13.2 Å². The standard InChI is InChI=1S/C15H11F3N4/c1-9-2-3-13(18)14(4-9)20-15-19-8-22(21-15)12-6-10(16)5-11(17)7-12/h2-8H,1H3,(H,20,21). The van der Waals surface area contributed by atoms with E-state index in [1.54, 1.807) is 12.1 Å². The van der Waals surface area contributed by atoms with Crippen LogP contribution >= 0.6 is 0 Å². The van der Waals surface area contributed by atoms with Gasteiger partial charge >= 0.3 is 0 Å². The molecular formula is C15H11F3N4. The Hall–Kier alpha value is -2.83. The molecule has 4 nitrogen and oxygen atoms in total. The number of hydrogen-bond acceptors (Lipinski definition) is 3. The van der Waals surface area contributed by atoms with E-state index in [-0.39, 0.29) is 17.3 Å². The van der Waals surface area contributed by atoms with Crippen molar-refractivity contribution in [2.24, 2.45) is 0 Å². The van der Waals surface area contributed by atoms with E-state index in [0.717, 1.165) is 23.8 Å². The Bertz CT molecular complexity index is 809. The number of rotatable bonds is 3. The highest BCUT2D eigenvalue weighted by Crippen LogP contribution is 2.19. The highest BCUT2D eigenvalue weighted by Gasteiger charge is 2.08. The second-order valence-electron chi connectivity index (χ2n) is 4.75. The Morgan fingerprint density at radius 3 is 2.45 bits per heavy atom. The van der Waals surface area contributed by atoms with E-state index < -0.39 is 17.5 Å². The summed E-state index contributed by atoms with van der Waals surface area (Å²) in [6.45, 7) is 1.83. The first kappa shape index (κ1) is 14.1. The third-order valence-electron chi connectivity index (χ3n) is 2.97. The quantitative estimate of drug-likeness (QED) is 0.801. The average molecular weight is 304 g/mol. The third-order valence-corrected chi connectivity index (χ3v) is 2.97. The SMILES string of the molecule is Cc1ccc(F)c(Nc2ncn(-c3cc(F)cc(F)c3)n2)c1. The fourth-order valence-electron chi connectivity index (χ4n) is 1.97. The summed E-state index contributed by atoms with van der Waals surface area (Å²) in [7, 11) is 0. The number of aryl methyl sites for hydroxylation is 1. The van der Waals surface area contributed by atoms with Crippen LogP contribution in [0.2, 0.25) is 0 Å². The molecule has 1 N–H and O–H groups in total. The van der Waals surface area contributed by atoms with Crippen molar-refractivity contribution in [3.63, 3.8) is 0 Å². The predicted octanol–water partition coefficient (Wildman–Crippen LogP) is 3.74. The smallest absolute Gasteiger partial charge is 0.247 e. The van der Waals surface area contributed by atoms with Gasteiger partial charge in [0.2, 0.25) is 5.95 Å². The molecule has 0 fully saturated rings. The lowest BCUT2D eigenvalue weighted by atomic mass is 10.2. The predicted molar refractivity (Wildman–Crippen MR) is 75.7 cm³/mol. The van der Waals surface area contributed by atoms with Gasteiger partial charge in [0, 0.05) is 6.07 Å². The average Bonchev–Trinajstić information content (AvgIpc) is 2.90. The number of nitrogens with one attached hydrogen (secondary N) is 1. The molecule has 0 aliphatic heterocycles. The molecular weight excluding hydrogens is 293 g/mol. The van der Waals surface area contributed by atoms with Crippen molar-refractivity contribution in [2.45, 2.75) is 6.92 Å². The van der Waals surface area contributed by atoms with Gasteiger partial charge in [0.1, 0.15) is 23.8 Å². The first-order chi connectivity index (χ1) is 10.5. The molecule has 1 heterocycles. The number of halogens is 3. The molecule has 0 atom stereocenters. The van der Waals surface area contributed by atoms with E-state index >= 15 is 0 Å². The second kappa shape index (κ2) is 5.51. The van der Waals surface area contributed by atoms with Gasteiger partial charge in [0.15, 0.2) is 0 Å². The molecule has 0 unspecified atom stereocenters. The van der Waals surface area contributed by atoms with Crippen molar-refractivity contribution in [1.82, 2.24) is 14.8 Å². The maximum Gasteiger partial charge on any atom is 0.247 e. The van der Waals surface area contributed by atoms with Gasteiger partial charge in [0.05, 0.1) is 11.4 Å². The first-order valence-corrected chi connectivity index (χ1v) is 6.42. The third kappa shape index (κ3) is 2.93. The minimum absolute atomic E-state index is 0.120. The molecule has 22 heavy (non-hydrogen) atoms. The highest BCUT2D eigenvalue weighted by atomic mass is 19.1. The molecule has 3 aromatic rings. The van der Waals surface area contributed by atoms with Gasteiger partial charge in [-0.3, -0.25) is 0 Å². The Morgan fingerprint density at radius 1 is 1.00 bits per heavy atom. The Morgan fingerprint density at radius 2 is 1.73 bits per heavy atom. The van der Waals surface area contributed by atoms with Crippen LogP contribution in [0.15, 0.2) is 42.7 Å². The minimum atomic E-state index is -0.718. The Balaban J connectivity index is 1.89. The summed E-state index contributed by atoms with van der Waals surface area (Å²) < 4.78 is 41.3. The van der Waals surface area contributed by atoms with E-state index in [0.29, 0.717) is 0 Å². The van der Waals surface area contributed by atoms with Gasteiger partial charge in [-0.2, -0.15) is 4.98 Å². The summed E-state index contributed by atoms with van der Waals surface area (Å²) in [4.78, 5) is 3.95. The maximum atomic E-state index is 13.7. The lowest BCUT2D eigenvalue weighted by Gasteiger charge is -2.04. The molecule has 0 saturated carbocycles. The molecule has 0 bridgehead atoms. The molecule has 0 spiro atoms. The van der Waals surface area contributed by atoms with Crippen molar-refractivity contribution in [2.75, 3.05) is 5.32 Å². The van der Waals surface area contributed by atoms with Crippen molar-refractivity contribution in [3.05, 3.63) is 65.7 Å². The molecule has 3 rings (SSSR count). The number of nitrogens with zero attached hydrogens (tertiary/aromatic N) is 3. The fourth-order valence-corrected chi connectivity index (χ4v) is 1.97. The summed E-state index contributed by atoms with van der Waals surface area (Å²) >= 11 is 0. The molecule has 0 amide bonds. The maximum absolute atomic E-state index is 13.7. The second-order valence-corrected chi connectivity index (χ2v) is 4.75. The zero-order valence-electron chi connectivity index (χ0n) is 11.5. The number of benzene rings is 2. The van der Waals surface area contributed by atoms with Crippen LogP contribution in [-0.4, -0.2) is 14.8 Å². The summed E-state index contributed by atoms with van der Waals surface area (Å²) in [5, 5.41) is 6.75.